The molecule has 0 saturated carbocycles. The van der Waals surface area contributed by atoms with Gasteiger partial charge in [-0.05, 0) is 18.4 Å². The highest BCUT2D eigenvalue weighted by molar-refractivity contribution is 7.10. The minimum Gasteiger partial charge on any atom is -0.469 e. The summed E-state index contributed by atoms with van der Waals surface area (Å²) < 4.78 is 4.70. The molecular formula is C11H17NO2S. The van der Waals surface area contributed by atoms with Gasteiger partial charge >= 0.3 is 5.97 Å². The second-order valence-electron chi connectivity index (χ2n) is 3.94. The molecule has 1 aromatic heterocycles. The van der Waals surface area contributed by atoms with E-state index < -0.39 is 0 Å². The van der Waals surface area contributed by atoms with Crippen molar-refractivity contribution >= 4 is 17.3 Å². The van der Waals surface area contributed by atoms with E-state index in [0.29, 0.717) is 6.42 Å². The molecule has 1 heterocycles. The van der Waals surface area contributed by atoms with Gasteiger partial charge in [-0.3, -0.25) is 4.79 Å². The van der Waals surface area contributed by atoms with Crippen molar-refractivity contribution in [2.45, 2.75) is 31.7 Å². The summed E-state index contributed by atoms with van der Waals surface area (Å²) in [6, 6.07) is 3.89. The Morgan fingerprint density at radius 1 is 1.73 bits per heavy atom. The molecule has 3 nitrogen and oxygen atoms in total. The molecule has 4 heteroatoms. The molecule has 2 unspecified atom stereocenters. The van der Waals surface area contributed by atoms with E-state index in [1.54, 1.807) is 11.3 Å². The van der Waals surface area contributed by atoms with Crippen LogP contribution in [0, 0.1) is 0 Å². The summed E-state index contributed by atoms with van der Waals surface area (Å²) in [6.07, 6.45) is 0.321. The van der Waals surface area contributed by atoms with Gasteiger partial charge in [0.1, 0.15) is 0 Å². The van der Waals surface area contributed by atoms with E-state index in [1.807, 2.05) is 31.4 Å². The van der Waals surface area contributed by atoms with E-state index in [9.17, 15) is 4.79 Å². The number of methoxy groups -OCH3 is 1. The highest BCUT2D eigenvalue weighted by Crippen LogP contribution is 2.34. The van der Waals surface area contributed by atoms with Crippen LogP contribution in [0.5, 0.6) is 0 Å². The summed E-state index contributed by atoms with van der Waals surface area (Å²) in [5.41, 5.74) is 5.63. The zero-order valence-corrected chi connectivity index (χ0v) is 10.1. The molecule has 1 rings (SSSR count). The van der Waals surface area contributed by atoms with Gasteiger partial charge in [-0.2, -0.15) is 0 Å². The summed E-state index contributed by atoms with van der Waals surface area (Å²) in [5, 5.41) is 1.99. The third-order valence-electron chi connectivity index (χ3n) is 2.83. The first-order chi connectivity index (χ1) is 7.00. The number of hydrogen-bond donors (Lipinski definition) is 1. The molecule has 0 aromatic carbocycles. The molecule has 0 aliphatic heterocycles. The van der Waals surface area contributed by atoms with Gasteiger partial charge in [0.25, 0.3) is 0 Å². The lowest BCUT2D eigenvalue weighted by Gasteiger charge is -2.31. The molecule has 0 radical (unpaired) electrons. The average Bonchev–Trinajstić information content (AvgIpc) is 2.70. The fourth-order valence-corrected chi connectivity index (χ4v) is 2.44. The van der Waals surface area contributed by atoms with E-state index >= 15 is 0 Å². The Balaban J connectivity index is 2.94. The normalized spacial score (nSPS) is 16.8. The van der Waals surface area contributed by atoms with Crippen molar-refractivity contribution in [3.63, 3.8) is 0 Å². The van der Waals surface area contributed by atoms with Crippen LogP contribution in [0.15, 0.2) is 17.5 Å². The third-order valence-corrected chi connectivity index (χ3v) is 3.98. The molecule has 0 bridgehead atoms. The summed E-state index contributed by atoms with van der Waals surface area (Å²) in [6.45, 7) is 3.92. The second kappa shape index (κ2) is 4.77. The first kappa shape index (κ1) is 12.2. The van der Waals surface area contributed by atoms with Crippen LogP contribution in [0.1, 0.15) is 25.1 Å². The van der Waals surface area contributed by atoms with Crippen molar-refractivity contribution in [2.24, 2.45) is 5.73 Å². The first-order valence-corrected chi connectivity index (χ1v) is 5.75. The van der Waals surface area contributed by atoms with Crippen LogP contribution in [0.2, 0.25) is 0 Å². The van der Waals surface area contributed by atoms with E-state index in [4.69, 9.17) is 10.5 Å². The SMILES string of the molecule is COC(=O)CC(C)(c1cccs1)C(C)N. The molecule has 0 aliphatic rings. The Labute approximate surface area is 94.2 Å². The Kier molecular flexibility index (Phi) is 3.88. The Bertz CT molecular complexity index is 321. The number of rotatable bonds is 4. The number of carbonyl (C=O) groups excluding carboxylic acids is 1. The van der Waals surface area contributed by atoms with Crippen molar-refractivity contribution < 1.29 is 9.53 Å². The fraction of sp³-hybridized carbons (Fsp3) is 0.545. The number of nitrogens with two attached hydrogens (primary N) is 1. The van der Waals surface area contributed by atoms with E-state index in [0.717, 1.165) is 4.88 Å². The molecule has 0 saturated heterocycles. The average molecular weight is 227 g/mol. The van der Waals surface area contributed by atoms with Gasteiger partial charge in [-0.1, -0.05) is 13.0 Å². The monoisotopic (exact) mass is 227 g/mol. The summed E-state index contributed by atoms with van der Waals surface area (Å²) in [7, 11) is 1.40. The second-order valence-corrected chi connectivity index (χ2v) is 4.88. The number of hydrogen-bond acceptors (Lipinski definition) is 4. The predicted octanol–water partition coefficient (Wildman–Crippen LogP) is 1.92. The zero-order valence-electron chi connectivity index (χ0n) is 9.32. The summed E-state index contributed by atoms with van der Waals surface area (Å²) >= 11 is 1.62. The molecular weight excluding hydrogens is 210 g/mol. The molecule has 1 aromatic rings. The van der Waals surface area contributed by atoms with Crippen LogP contribution in [-0.4, -0.2) is 19.1 Å². The van der Waals surface area contributed by atoms with Gasteiger partial charge in [-0.25, -0.2) is 0 Å². The lowest BCUT2D eigenvalue weighted by atomic mass is 9.79. The van der Waals surface area contributed by atoms with Crippen LogP contribution in [-0.2, 0) is 14.9 Å². The fourth-order valence-electron chi connectivity index (χ4n) is 1.45. The lowest BCUT2D eigenvalue weighted by molar-refractivity contribution is -0.142. The summed E-state index contributed by atoms with van der Waals surface area (Å²) in [5.74, 6) is -0.219. The van der Waals surface area contributed by atoms with Crippen LogP contribution in [0.3, 0.4) is 0 Å². The van der Waals surface area contributed by atoms with Crippen LogP contribution in [0.25, 0.3) is 0 Å². The van der Waals surface area contributed by atoms with Crippen molar-refractivity contribution in [3.05, 3.63) is 22.4 Å². The highest BCUT2D eigenvalue weighted by Gasteiger charge is 2.34. The molecule has 0 spiro atoms. The van der Waals surface area contributed by atoms with Gasteiger partial charge in [0.15, 0.2) is 0 Å². The largest absolute Gasteiger partial charge is 0.469 e. The Morgan fingerprint density at radius 2 is 2.40 bits per heavy atom. The quantitative estimate of drug-likeness (QED) is 0.799. The van der Waals surface area contributed by atoms with E-state index in [2.05, 4.69) is 0 Å². The minimum absolute atomic E-state index is 0.0877. The first-order valence-electron chi connectivity index (χ1n) is 4.87. The highest BCUT2D eigenvalue weighted by atomic mass is 32.1. The van der Waals surface area contributed by atoms with Gasteiger partial charge < -0.3 is 10.5 Å². The maximum Gasteiger partial charge on any atom is 0.306 e. The maximum absolute atomic E-state index is 11.4. The lowest BCUT2D eigenvalue weighted by Crippen LogP contribution is -2.42. The molecule has 0 amide bonds. The molecule has 15 heavy (non-hydrogen) atoms. The van der Waals surface area contributed by atoms with Crippen molar-refractivity contribution in [1.29, 1.82) is 0 Å². The van der Waals surface area contributed by atoms with Crippen molar-refractivity contribution in [3.8, 4) is 0 Å². The Morgan fingerprint density at radius 3 is 2.80 bits per heavy atom. The summed E-state index contributed by atoms with van der Waals surface area (Å²) in [4.78, 5) is 12.5. The van der Waals surface area contributed by atoms with Gasteiger partial charge in [0.2, 0.25) is 0 Å². The molecule has 0 fully saturated rings. The maximum atomic E-state index is 11.4. The van der Waals surface area contributed by atoms with Crippen LogP contribution >= 0.6 is 11.3 Å². The molecule has 0 aliphatic carbocycles. The van der Waals surface area contributed by atoms with Crippen LogP contribution in [0.4, 0.5) is 0 Å². The van der Waals surface area contributed by atoms with Gasteiger partial charge in [-0.15, -0.1) is 11.3 Å². The topological polar surface area (TPSA) is 52.3 Å². The van der Waals surface area contributed by atoms with Crippen molar-refractivity contribution in [2.75, 3.05) is 7.11 Å². The van der Waals surface area contributed by atoms with Gasteiger partial charge in [0.05, 0.1) is 13.5 Å². The van der Waals surface area contributed by atoms with E-state index in [1.165, 1.54) is 7.11 Å². The smallest absolute Gasteiger partial charge is 0.306 e. The third kappa shape index (κ3) is 2.58. The predicted molar refractivity (Wildman–Crippen MR) is 62.0 cm³/mol. The standard InChI is InChI=1S/C11H17NO2S/c1-8(12)11(2,7-10(13)14-3)9-5-4-6-15-9/h4-6,8H,7,12H2,1-3H3. The molecule has 2 N–H and O–H groups in total. The number of ether oxygens (including phenoxy) is 1. The van der Waals surface area contributed by atoms with Crippen molar-refractivity contribution in [1.82, 2.24) is 0 Å². The van der Waals surface area contributed by atoms with E-state index in [-0.39, 0.29) is 17.4 Å². The zero-order chi connectivity index (χ0) is 11.5. The van der Waals surface area contributed by atoms with Crippen LogP contribution < -0.4 is 5.73 Å². The number of esters is 1. The Hall–Kier alpha value is -0.870. The molecule has 2 atom stereocenters. The molecule has 84 valence electrons. The minimum atomic E-state index is -0.332. The number of thiophene rings is 1. The van der Waals surface area contributed by atoms with Gasteiger partial charge in [0, 0.05) is 16.3 Å². The number of carbonyl (C=O) groups is 1.